The minimum absolute atomic E-state index is 0.162. The van der Waals surface area contributed by atoms with E-state index in [0.717, 1.165) is 10.9 Å². The Morgan fingerprint density at radius 1 is 1.25 bits per heavy atom. The average Bonchev–Trinajstić information content (AvgIpc) is 2.48. The van der Waals surface area contributed by atoms with Crippen molar-refractivity contribution < 1.29 is 14.6 Å². The first-order valence-corrected chi connectivity index (χ1v) is 7.10. The molecule has 104 valence electrons. The number of rotatable bonds is 4. The van der Waals surface area contributed by atoms with E-state index in [4.69, 9.17) is 4.74 Å². The first-order chi connectivity index (χ1) is 9.65. The highest BCUT2D eigenvalue weighted by atomic mass is 79.9. The second kappa shape index (κ2) is 6.43. The average molecular weight is 336 g/mol. The summed E-state index contributed by atoms with van der Waals surface area (Å²) in [5, 5.41) is 13.4. The van der Waals surface area contributed by atoms with Gasteiger partial charge >= 0.3 is 0 Å². The predicted octanol–water partition coefficient (Wildman–Crippen LogP) is 3.55. The maximum atomic E-state index is 12.1. The molecule has 0 saturated carbocycles. The molecule has 0 fully saturated rings. The van der Waals surface area contributed by atoms with Gasteiger partial charge in [0.05, 0.1) is 12.7 Å². The van der Waals surface area contributed by atoms with Crippen molar-refractivity contribution >= 4 is 27.5 Å². The number of phenolic OH excluding ortho intramolecular Hbond substituents is 1. The quantitative estimate of drug-likeness (QED) is 0.840. The minimum atomic E-state index is -0.381. The van der Waals surface area contributed by atoms with E-state index in [1.807, 2.05) is 24.3 Å². The summed E-state index contributed by atoms with van der Waals surface area (Å²) >= 11 is 3.36. The van der Waals surface area contributed by atoms with E-state index in [2.05, 4.69) is 21.2 Å². The Hall–Kier alpha value is -2.01. The van der Waals surface area contributed by atoms with Crippen LogP contribution in [0.1, 0.15) is 15.9 Å². The zero-order chi connectivity index (χ0) is 14.5. The number of methoxy groups -OCH3 is 1. The molecule has 0 radical (unpaired) electrons. The molecule has 2 aromatic carbocycles. The molecule has 0 aromatic heterocycles. The lowest BCUT2D eigenvalue weighted by molar-refractivity contribution is 0.102. The van der Waals surface area contributed by atoms with Crippen molar-refractivity contribution in [2.45, 2.75) is 5.33 Å². The van der Waals surface area contributed by atoms with Crippen molar-refractivity contribution in [2.75, 3.05) is 12.4 Å². The normalized spacial score (nSPS) is 10.1. The number of ether oxygens (including phenoxy) is 1. The SMILES string of the molecule is COc1cccc(C(=O)Nc2ccc(CBr)cc2)c1O. The largest absolute Gasteiger partial charge is 0.504 e. The highest BCUT2D eigenvalue weighted by Gasteiger charge is 2.14. The van der Waals surface area contributed by atoms with E-state index in [9.17, 15) is 9.90 Å². The summed E-state index contributed by atoms with van der Waals surface area (Å²) in [5.74, 6) is -0.273. The zero-order valence-electron chi connectivity index (χ0n) is 10.9. The Kier molecular flexibility index (Phi) is 4.63. The van der Waals surface area contributed by atoms with Crippen LogP contribution in [0.4, 0.5) is 5.69 Å². The minimum Gasteiger partial charge on any atom is -0.504 e. The molecule has 0 saturated heterocycles. The molecule has 0 atom stereocenters. The Morgan fingerprint density at radius 2 is 1.95 bits per heavy atom. The number of anilines is 1. The number of amides is 1. The molecule has 1 amide bonds. The molecule has 0 spiro atoms. The number of halogens is 1. The summed E-state index contributed by atoms with van der Waals surface area (Å²) in [6.07, 6.45) is 0. The molecule has 0 aliphatic rings. The summed E-state index contributed by atoms with van der Waals surface area (Å²) in [6, 6.07) is 12.2. The van der Waals surface area contributed by atoms with Crippen molar-refractivity contribution in [3.05, 3.63) is 53.6 Å². The number of hydrogen-bond acceptors (Lipinski definition) is 3. The fraction of sp³-hybridized carbons (Fsp3) is 0.133. The van der Waals surface area contributed by atoms with Gasteiger partial charge in [-0.25, -0.2) is 0 Å². The molecule has 0 aliphatic carbocycles. The third-order valence-electron chi connectivity index (χ3n) is 2.83. The van der Waals surface area contributed by atoms with Gasteiger partial charge in [-0.05, 0) is 29.8 Å². The Balaban J connectivity index is 2.19. The first kappa shape index (κ1) is 14.4. The van der Waals surface area contributed by atoms with Gasteiger partial charge in [0.2, 0.25) is 0 Å². The molecule has 2 aromatic rings. The molecule has 0 bridgehead atoms. The molecule has 20 heavy (non-hydrogen) atoms. The number of benzene rings is 2. The third-order valence-corrected chi connectivity index (χ3v) is 3.48. The van der Waals surface area contributed by atoms with Crippen LogP contribution < -0.4 is 10.1 Å². The number of carbonyl (C=O) groups is 1. The number of hydrogen-bond donors (Lipinski definition) is 2. The number of para-hydroxylation sites is 1. The fourth-order valence-corrected chi connectivity index (χ4v) is 2.12. The third kappa shape index (κ3) is 3.11. The topological polar surface area (TPSA) is 58.6 Å². The highest BCUT2D eigenvalue weighted by Crippen LogP contribution is 2.29. The van der Waals surface area contributed by atoms with Gasteiger partial charge in [-0.15, -0.1) is 0 Å². The Bertz CT molecular complexity index is 611. The van der Waals surface area contributed by atoms with Gasteiger partial charge in [0, 0.05) is 11.0 Å². The second-order valence-electron chi connectivity index (χ2n) is 4.14. The lowest BCUT2D eigenvalue weighted by Crippen LogP contribution is -2.12. The molecule has 4 nitrogen and oxygen atoms in total. The van der Waals surface area contributed by atoms with Crippen molar-refractivity contribution in [3.8, 4) is 11.5 Å². The lowest BCUT2D eigenvalue weighted by Gasteiger charge is -2.09. The van der Waals surface area contributed by atoms with E-state index in [1.54, 1.807) is 18.2 Å². The molecule has 0 aliphatic heterocycles. The number of nitrogens with one attached hydrogen (secondary N) is 1. The Labute approximate surface area is 125 Å². The van der Waals surface area contributed by atoms with E-state index in [1.165, 1.54) is 7.11 Å². The molecule has 0 unspecified atom stereocenters. The van der Waals surface area contributed by atoms with Crippen molar-refractivity contribution in [3.63, 3.8) is 0 Å². The summed E-state index contributed by atoms with van der Waals surface area (Å²) in [5.41, 5.74) is 1.96. The van der Waals surface area contributed by atoms with Crippen LogP contribution in [0.2, 0.25) is 0 Å². The number of phenols is 1. The lowest BCUT2D eigenvalue weighted by atomic mass is 10.1. The van der Waals surface area contributed by atoms with Crippen LogP contribution >= 0.6 is 15.9 Å². The van der Waals surface area contributed by atoms with Gasteiger partial charge in [0.1, 0.15) is 0 Å². The molecule has 5 heteroatoms. The smallest absolute Gasteiger partial charge is 0.259 e. The van der Waals surface area contributed by atoms with E-state index in [0.29, 0.717) is 5.69 Å². The fourth-order valence-electron chi connectivity index (χ4n) is 1.75. The van der Waals surface area contributed by atoms with Crippen molar-refractivity contribution in [1.82, 2.24) is 0 Å². The number of aromatic hydroxyl groups is 1. The standard InChI is InChI=1S/C15H14BrNO3/c1-20-13-4-2-3-12(14(13)18)15(19)17-11-7-5-10(9-16)6-8-11/h2-8,18H,9H2,1H3,(H,17,19). The first-order valence-electron chi connectivity index (χ1n) is 5.98. The van der Waals surface area contributed by atoms with E-state index >= 15 is 0 Å². The maximum absolute atomic E-state index is 12.1. The van der Waals surface area contributed by atoms with Gasteiger partial charge in [-0.2, -0.15) is 0 Å². The monoisotopic (exact) mass is 335 g/mol. The summed E-state index contributed by atoms with van der Waals surface area (Å²) in [4.78, 5) is 12.1. The van der Waals surface area contributed by atoms with Crippen LogP contribution in [-0.2, 0) is 5.33 Å². The Morgan fingerprint density at radius 3 is 2.55 bits per heavy atom. The molecule has 0 heterocycles. The van der Waals surface area contributed by atoms with Crippen LogP contribution in [0.5, 0.6) is 11.5 Å². The van der Waals surface area contributed by atoms with Crippen molar-refractivity contribution in [2.24, 2.45) is 0 Å². The van der Waals surface area contributed by atoms with Gasteiger partial charge in [0.25, 0.3) is 5.91 Å². The van der Waals surface area contributed by atoms with Crippen LogP contribution in [0.25, 0.3) is 0 Å². The molecular formula is C15H14BrNO3. The molecule has 2 rings (SSSR count). The number of carbonyl (C=O) groups excluding carboxylic acids is 1. The van der Waals surface area contributed by atoms with Crippen molar-refractivity contribution in [1.29, 1.82) is 0 Å². The van der Waals surface area contributed by atoms with E-state index in [-0.39, 0.29) is 23.0 Å². The summed E-state index contributed by atoms with van der Waals surface area (Å²) < 4.78 is 4.98. The van der Waals surface area contributed by atoms with Crippen LogP contribution in [0, 0.1) is 0 Å². The summed E-state index contributed by atoms with van der Waals surface area (Å²) in [6.45, 7) is 0. The van der Waals surface area contributed by atoms with Gasteiger partial charge in [-0.3, -0.25) is 4.79 Å². The maximum Gasteiger partial charge on any atom is 0.259 e. The van der Waals surface area contributed by atoms with Crippen LogP contribution in [0.15, 0.2) is 42.5 Å². The van der Waals surface area contributed by atoms with Crippen LogP contribution in [0.3, 0.4) is 0 Å². The highest BCUT2D eigenvalue weighted by molar-refractivity contribution is 9.08. The second-order valence-corrected chi connectivity index (χ2v) is 4.70. The summed E-state index contributed by atoms with van der Waals surface area (Å²) in [7, 11) is 1.44. The van der Waals surface area contributed by atoms with Gasteiger partial charge in [0.15, 0.2) is 11.5 Å². The predicted molar refractivity (Wildman–Crippen MR) is 81.7 cm³/mol. The molecular weight excluding hydrogens is 322 g/mol. The number of alkyl halides is 1. The van der Waals surface area contributed by atoms with Gasteiger partial charge in [-0.1, -0.05) is 34.1 Å². The molecule has 2 N–H and O–H groups in total. The van der Waals surface area contributed by atoms with Gasteiger partial charge < -0.3 is 15.2 Å². The van der Waals surface area contributed by atoms with Crippen LogP contribution in [-0.4, -0.2) is 18.1 Å². The zero-order valence-corrected chi connectivity index (χ0v) is 12.5. The van der Waals surface area contributed by atoms with E-state index < -0.39 is 0 Å².